The first kappa shape index (κ1) is 20.3. The van der Waals surface area contributed by atoms with Crippen molar-refractivity contribution in [3.05, 3.63) is 65.4 Å². The second-order valence-corrected chi connectivity index (χ2v) is 10.2. The molecule has 0 aliphatic carbocycles. The van der Waals surface area contributed by atoms with Crippen LogP contribution in [-0.4, -0.2) is 18.2 Å². The van der Waals surface area contributed by atoms with Crippen LogP contribution in [0.2, 0.25) is 0 Å². The Balaban J connectivity index is 2.39. The van der Waals surface area contributed by atoms with Crippen LogP contribution in [0.1, 0.15) is 50.9 Å². The van der Waals surface area contributed by atoms with Crippen LogP contribution in [0.15, 0.2) is 53.4 Å². The second kappa shape index (κ2) is 7.21. The fourth-order valence-electron chi connectivity index (χ4n) is 3.71. The zero-order valence-electron chi connectivity index (χ0n) is 17.1. The number of para-hydroxylation sites is 1. The number of carbonyl (C=O) groups excluding carboxylic acids is 1. The predicted molar refractivity (Wildman–Crippen MR) is 113 cm³/mol. The molecule has 0 N–H and O–H groups in total. The fraction of sp³-hybridized carbons (Fsp3) is 0.348. The maximum absolute atomic E-state index is 13.6. The molecule has 0 spiro atoms. The molecule has 3 aromatic rings. The third kappa shape index (κ3) is 3.63. The quantitative estimate of drug-likeness (QED) is 0.608. The molecule has 0 saturated heterocycles. The Morgan fingerprint density at radius 3 is 2.18 bits per heavy atom. The fourth-order valence-corrected chi connectivity index (χ4v) is 5.29. The van der Waals surface area contributed by atoms with Gasteiger partial charge in [-0.1, -0.05) is 56.7 Å². The number of hydrogen-bond donors (Lipinski definition) is 0. The van der Waals surface area contributed by atoms with Gasteiger partial charge in [-0.15, -0.1) is 0 Å². The molecule has 0 bridgehead atoms. The van der Waals surface area contributed by atoms with Crippen molar-refractivity contribution in [2.45, 2.75) is 57.8 Å². The Morgan fingerprint density at radius 1 is 1.00 bits per heavy atom. The Labute approximate surface area is 167 Å². The molecule has 0 radical (unpaired) electrons. The summed E-state index contributed by atoms with van der Waals surface area (Å²) < 4.78 is 28.7. The Bertz CT molecular complexity index is 1130. The lowest BCUT2D eigenvalue weighted by molar-refractivity contribution is -0.117. The first-order valence-electron chi connectivity index (χ1n) is 9.48. The van der Waals surface area contributed by atoms with E-state index < -0.39 is 10.0 Å². The zero-order chi connectivity index (χ0) is 20.7. The lowest BCUT2D eigenvalue weighted by Crippen LogP contribution is -2.20. The molecule has 1 aromatic heterocycles. The van der Waals surface area contributed by atoms with Crippen LogP contribution in [0.5, 0.6) is 0 Å². The van der Waals surface area contributed by atoms with Gasteiger partial charge >= 0.3 is 0 Å². The van der Waals surface area contributed by atoms with E-state index >= 15 is 0 Å². The van der Waals surface area contributed by atoms with Crippen molar-refractivity contribution in [3.63, 3.8) is 0 Å². The summed E-state index contributed by atoms with van der Waals surface area (Å²) in [4.78, 5) is 12.0. The molecule has 4 nitrogen and oxygen atoms in total. The number of ketones is 1. The van der Waals surface area contributed by atoms with Gasteiger partial charge in [0.1, 0.15) is 5.78 Å². The molecule has 148 valence electrons. The average molecular weight is 398 g/mol. The van der Waals surface area contributed by atoms with Crippen LogP contribution in [0.4, 0.5) is 0 Å². The number of rotatable bonds is 5. The predicted octanol–water partition coefficient (Wildman–Crippen LogP) is 5.01. The van der Waals surface area contributed by atoms with Gasteiger partial charge in [0.05, 0.1) is 10.4 Å². The Morgan fingerprint density at radius 2 is 1.61 bits per heavy atom. The number of aromatic nitrogens is 1. The molecule has 28 heavy (non-hydrogen) atoms. The summed E-state index contributed by atoms with van der Waals surface area (Å²) in [7, 11) is -3.79. The number of benzene rings is 2. The van der Waals surface area contributed by atoms with Gasteiger partial charge in [-0.3, -0.25) is 0 Å². The van der Waals surface area contributed by atoms with E-state index in [-0.39, 0.29) is 16.1 Å². The van der Waals surface area contributed by atoms with Gasteiger partial charge in [0.2, 0.25) is 0 Å². The molecule has 2 aromatic carbocycles. The van der Waals surface area contributed by atoms with Crippen molar-refractivity contribution >= 4 is 26.7 Å². The molecule has 1 heterocycles. The van der Waals surface area contributed by atoms with Crippen molar-refractivity contribution < 1.29 is 13.2 Å². The molecule has 5 heteroatoms. The SMILES string of the molecule is CC(=O)CCc1c(C(C)(C)C)c2ccccc2n1S(=O)(=O)c1ccc(C)cc1. The second-order valence-electron chi connectivity index (χ2n) is 8.37. The van der Waals surface area contributed by atoms with Gasteiger partial charge in [0.25, 0.3) is 10.0 Å². The highest BCUT2D eigenvalue weighted by Crippen LogP contribution is 2.38. The summed E-state index contributed by atoms with van der Waals surface area (Å²) in [6.07, 6.45) is 0.699. The van der Waals surface area contributed by atoms with E-state index in [0.29, 0.717) is 24.1 Å². The van der Waals surface area contributed by atoms with Crippen molar-refractivity contribution in [1.82, 2.24) is 3.97 Å². The summed E-state index contributed by atoms with van der Waals surface area (Å²) in [5.41, 5.74) is 3.08. The van der Waals surface area contributed by atoms with Crippen molar-refractivity contribution in [2.24, 2.45) is 0 Å². The summed E-state index contributed by atoms with van der Waals surface area (Å²) >= 11 is 0. The number of Topliss-reactive ketones (excluding diaryl/α,β-unsaturated/α-hetero) is 1. The lowest BCUT2D eigenvalue weighted by atomic mass is 9.84. The molecule has 0 atom stereocenters. The van der Waals surface area contributed by atoms with E-state index in [1.54, 1.807) is 24.3 Å². The number of aryl methyl sites for hydroxylation is 1. The van der Waals surface area contributed by atoms with Crippen LogP contribution in [0.25, 0.3) is 10.9 Å². The van der Waals surface area contributed by atoms with Crippen LogP contribution in [0, 0.1) is 6.92 Å². The summed E-state index contributed by atoms with van der Waals surface area (Å²) in [6.45, 7) is 9.70. The number of nitrogens with zero attached hydrogens (tertiary/aromatic N) is 1. The van der Waals surface area contributed by atoms with Crippen LogP contribution in [0.3, 0.4) is 0 Å². The van der Waals surface area contributed by atoms with E-state index in [9.17, 15) is 13.2 Å². The normalized spacial score (nSPS) is 12.5. The first-order chi connectivity index (χ1) is 13.0. The molecule has 0 unspecified atom stereocenters. The first-order valence-corrected chi connectivity index (χ1v) is 10.9. The summed E-state index contributed by atoms with van der Waals surface area (Å²) in [6, 6.07) is 14.5. The molecular formula is C23H27NO3S. The van der Waals surface area contributed by atoms with Gasteiger partial charge in [-0.25, -0.2) is 12.4 Å². The maximum Gasteiger partial charge on any atom is 0.268 e. The molecule has 0 fully saturated rings. The van der Waals surface area contributed by atoms with Crippen LogP contribution in [-0.2, 0) is 26.7 Å². The van der Waals surface area contributed by atoms with Crippen LogP contribution < -0.4 is 0 Å². The lowest BCUT2D eigenvalue weighted by Gasteiger charge is -2.21. The van der Waals surface area contributed by atoms with Gasteiger partial charge in [-0.05, 0) is 49.4 Å². The standard InChI is InChI=1S/C23H27NO3S/c1-16-10-13-18(14-11-16)28(26,27)24-20-9-7-6-8-19(20)22(23(3,4)5)21(24)15-12-17(2)25/h6-11,13-14H,12,15H2,1-5H3. The van der Waals surface area contributed by atoms with Crippen molar-refractivity contribution in [3.8, 4) is 0 Å². The monoisotopic (exact) mass is 397 g/mol. The van der Waals surface area contributed by atoms with Gasteiger partial charge in [-0.2, -0.15) is 0 Å². The van der Waals surface area contributed by atoms with E-state index in [1.165, 1.54) is 10.9 Å². The van der Waals surface area contributed by atoms with Crippen LogP contribution >= 0.6 is 0 Å². The highest BCUT2D eigenvalue weighted by Gasteiger charge is 2.31. The van der Waals surface area contributed by atoms with E-state index in [2.05, 4.69) is 20.8 Å². The molecular weight excluding hydrogens is 370 g/mol. The highest BCUT2D eigenvalue weighted by molar-refractivity contribution is 7.90. The molecule has 0 aliphatic heterocycles. The van der Waals surface area contributed by atoms with Gasteiger partial charge in [0, 0.05) is 17.5 Å². The minimum absolute atomic E-state index is 0.0457. The topological polar surface area (TPSA) is 56.1 Å². The number of hydrogen-bond acceptors (Lipinski definition) is 3. The Hall–Kier alpha value is -2.40. The number of fused-ring (bicyclic) bond motifs is 1. The molecule has 0 aliphatic rings. The highest BCUT2D eigenvalue weighted by atomic mass is 32.2. The smallest absolute Gasteiger partial charge is 0.268 e. The largest absolute Gasteiger partial charge is 0.300 e. The summed E-state index contributed by atoms with van der Waals surface area (Å²) in [5, 5.41) is 0.921. The van der Waals surface area contributed by atoms with E-state index in [4.69, 9.17) is 0 Å². The number of carbonyl (C=O) groups is 1. The maximum atomic E-state index is 13.6. The third-order valence-electron chi connectivity index (χ3n) is 4.95. The van der Waals surface area contributed by atoms with Crippen molar-refractivity contribution in [1.29, 1.82) is 0 Å². The zero-order valence-corrected chi connectivity index (χ0v) is 17.9. The summed E-state index contributed by atoms with van der Waals surface area (Å²) in [5.74, 6) is 0.0457. The van der Waals surface area contributed by atoms with Gasteiger partial charge in [0.15, 0.2) is 0 Å². The minimum Gasteiger partial charge on any atom is -0.300 e. The van der Waals surface area contributed by atoms with E-state index in [1.807, 2.05) is 31.2 Å². The van der Waals surface area contributed by atoms with Gasteiger partial charge < -0.3 is 4.79 Å². The third-order valence-corrected chi connectivity index (χ3v) is 6.71. The molecule has 0 saturated carbocycles. The molecule has 3 rings (SSSR count). The van der Waals surface area contributed by atoms with Crippen molar-refractivity contribution in [2.75, 3.05) is 0 Å². The Kier molecular flexibility index (Phi) is 5.24. The minimum atomic E-state index is -3.79. The molecule has 0 amide bonds. The van der Waals surface area contributed by atoms with E-state index in [0.717, 1.165) is 16.5 Å². The average Bonchev–Trinajstić information content (AvgIpc) is 2.95.